The second-order valence-electron chi connectivity index (χ2n) is 3.95. The van der Waals surface area contributed by atoms with Crippen LogP contribution in [0.2, 0.25) is 0 Å². The highest BCUT2D eigenvalue weighted by atomic mass is 19.1. The minimum Gasteiger partial charge on any atom is -0.497 e. The van der Waals surface area contributed by atoms with Crippen molar-refractivity contribution >= 4 is 0 Å². The van der Waals surface area contributed by atoms with Crippen molar-refractivity contribution < 1.29 is 9.13 Å². The van der Waals surface area contributed by atoms with E-state index in [4.69, 9.17) is 10.6 Å². The second kappa shape index (κ2) is 5.16. The topological polar surface area (TPSA) is 65.1 Å². The van der Waals surface area contributed by atoms with E-state index in [1.807, 2.05) is 7.05 Å². The minimum atomic E-state index is -0.489. The molecule has 6 heteroatoms. The standard InChI is InChI=1S/C12H15FN4O/c1-17-6-11(15-7-17)12(16-14)9-4-3-8(18-2)5-10(9)13/h3-7,12,16H,14H2,1-2H3. The number of ether oxygens (including phenoxy) is 1. The van der Waals surface area contributed by atoms with E-state index in [-0.39, 0.29) is 5.82 Å². The Morgan fingerprint density at radius 3 is 2.78 bits per heavy atom. The molecule has 0 radical (unpaired) electrons. The third-order valence-corrected chi connectivity index (χ3v) is 2.71. The Bertz CT molecular complexity index is 541. The van der Waals surface area contributed by atoms with Gasteiger partial charge in [0.2, 0.25) is 0 Å². The van der Waals surface area contributed by atoms with E-state index in [0.29, 0.717) is 17.0 Å². The number of hydrogen-bond acceptors (Lipinski definition) is 4. The zero-order chi connectivity index (χ0) is 13.1. The number of methoxy groups -OCH3 is 1. The van der Waals surface area contributed by atoms with Gasteiger partial charge in [0.25, 0.3) is 0 Å². The number of nitrogens with two attached hydrogens (primary N) is 1. The van der Waals surface area contributed by atoms with E-state index in [9.17, 15) is 4.39 Å². The number of nitrogens with one attached hydrogen (secondary N) is 1. The summed E-state index contributed by atoms with van der Waals surface area (Å²) in [5.74, 6) is 5.57. The van der Waals surface area contributed by atoms with Crippen molar-refractivity contribution in [3.05, 3.63) is 47.8 Å². The molecule has 0 saturated heterocycles. The van der Waals surface area contributed by atoms with Crippen LogP contribution in [-0.2, 0) is 7.05 Å². The van der Waals surface area contributed by atoms with Gasteiger partial charge < -0.3 is 9.30 Å². The zero-order valence-electron chi connectivity index (χ0n) is 10.2. The molecule has 0 aliphatic heterocycles. The van der Waals surface area contributed by atoms with Crippen molar-refractivity contribution in [2.45, 2.75) is 6.04 Å². The van der Waals surface area contributed by atoms with Crippen LogP contribution in [0.3, 0.4) is 0 Å². The van der Waals surface area contributed by atoms with Gasteiger partial charge in [-0.2, -0.15) is 0 Å². The van der Waals surface area contributed by atoms with Gasteiger partial charge in [-0.3, -0.25) is 5.84 Å². The first kappa shape index (κ1) is 12.5. The first-order valence-corrected chi connectivity index (χ1v) is 5.43. The fourth-order valence-corrected chi connectivity index (χ4v) is 1.79. The summed E-state index contributed by atoms with van der Waals surface area (Å²) in [6.07, 6.45) is 3.43. The number of halogens is 1. The number of hydrazine groups is 1. The van der Waals surface area contributed by atoms with Gasteiger partial charge in [-0.15, -0.1) is 0 Å². The van der Waals surface area contributed by atoms with Crippen LogP contribution >= 0.6 is 0 Å². The van der Waals surface area contributed by atoms with Gasteiger partial charge >= 0.3 is 0 Å². The van der Waals surface area contributed by atoms with Gasteiger partial charge in [0.15, 0.2) is 0 Å². The maximum Gasteiger partial charge on any atom is 0.132 e. The maximum atomic E-state index is 14.0. The first-order chi connectivity index (χ1) is 8.65. The highest BCUT2D eigenvalue weighted by Gasteiger charge is 2.19. The summed E-state index contributed by atoms with van der Waals surface area (Å²) in [6, 6.07) is 4.15. The summed E-state index contributed by atoms with van der Waals surface area (Å²) in [4.78, 5) is 4.17. The maximum absolute atomic E-state index is 14.0. The summed E-state index contributed by atoms with van der Waals surface area (Å²) in [6.45, 7) is 0. The van der Waals surface area contributed by atoms with Gasteiger partial charge in [-0.1, -0.05) is 6.07 Å². The van der Waals surface area contributed by atoms with Crippen LogP contribution in [-0.4, -0.2) is 16.7 Å². The van der Waals surface area contributed by atoms with Gasteiger partial charge in [-0.25, -0.2) is 14.8 Å². The normalized spacial score (nSPS) is 12.4. The molecule has 0 aliphatic carbocycles. The van der Waals surface area contributed by atoms with Crippen molar-refractivity contribution in [3.63, 3.8) is 0 Å². The Hall–Kier alpha value is -1.92. The van der Waals surface area contributed by atoms with Crippen LogP contribution in [0, 0.1) is 5.82 Å². The van der Waals surface area contributed by atoms with Crippen molar-refractivity contribution in [2.24, 2.45) is 12.9 Å². The third-order valence-electron chi connectivity index (χ3n) is 2.71. The molecule has 0 fully saturated rings. The minimum absolute atomic E-state index is 0.386. The number of nitrogens with zero attached hydrogens (tertiary/aromatic N) is 2. The van der Waals surface area contributed by atoms with Crippen LogP contribution in [0.1, 0.15) is 17.3 Å². The van der Waals surface area contributed by atoms with Crippen LogP contribution in [0.25, 0.3) is 0 Å². The van der Waals surface area contributed by atoms with E-state index in [1.165, 1.54) is 13.2 Å². The number of rotatable bonds is 4. The van der Waals surface area contributed by atoms with Crippen molar-refractivity contribution in [2.75, 3.05) is 7.11 Å². The molecule has 0 amide bonds. The summed E-state index contributed by atoms with van der Waals surface area (Å²) >= 11 is 0. The van der Waals surface area contributed by atoms with Crippen LogP contribution in [0.5, 0.6) is 5.75 Å². The second-order valence-corrected chi connectivity index (χ2v) is 3.95. The molecule has 96 valence electrons. The van der Waals surface area contributed by atoms with Crippen molar-refractivity contribution in [1.82, 2.24) is 15.0 Å². The third kappa shape index (κ3) is 2.34. The molecule has 1 heterocycles. The van der Waals surface area contributed by atoms with Crippen LogP contribution in [0.4, 0.5) is 4.39 Å². The number of aromatic nitrogens is 2. The molecule has 0 spiro atoms. The first-order valence-electron chi connectivity index (χ1n) is 5.43. The van der Waals surface area contributed by atoms with Crippen LogP contribution < -0.4 is 16.0 Å². The Kier molecular flexibility index (Phi) is 3.59. The Labute approximate surface area is 104 Å². The Morgan fingerprint density at radius 1 is 1.50 bits per heavy atom. The molecule has 1 aromatic carbocycles. The average molecular weight is 250 g/mol. The van der Waals surface area contributed by atoms with E-state index in [0.717, 1.165) is 0 Å². The lowest BCUT2D eigenvalue weighted by molar-refractivity contribution is 0.410. The van der Waals surface area contributed by atoms with E-state index in [1.54, 1.807) is 29.2 Å². The molecular formula is C12H15FN4O. The quantitative estimate of drug-likeness (QED) is 0.630. The highest BCUT2D eigenvalue weighted by Crippen LogP contribution is 2.25. The van der Waals surface area contributed by atoms with Crippen molar-refractivity contribution in [3.8, 4) is 5.75 Å². The van der Waals surface area contributed by atoms with Gasteiger partial charge in [0.1, 0.15) is 11.6 Å². The van der Waals surface area contributed by atoms with Crippen LogP contribution in [0.15, 0.2) is 30.7 Å². The summed E-state index contributed by atoms with van der Waals surface area (Å²) in [7, 11) is 3.33. The largest absolute Gasteiger partial charge is 0.497 e. The van der Waals surface area contributed by atoms with E-state index in [2.05, 4.69) is 10.4 Å². The molecule has 2 aromatic rings. The SMILES string of the molecule is COc1ccc(C(NN)c2cn(C)cn2)c(F)c1. The molecule has 1 aromatic heterocycles. The molecule has 3 N–H and O–H groups in total. The predicted molar refractivity (Wildman–Crippen MR) is 65.3 cm³/mol. The summed E-state index contributed by atoms with van der Waals surface area (Å²) in [5.41, 5.74) is 3.65. The number of hydrogen-bond donors (Lipinski definition) is 2. The highest BCUT2D eigenvalue weighted by molar-refractivity contribution is 5.34. The monoisotopic (exact) mass is 250 g/mol. The summed E-state index contributed by atoms with van der Waals surface area (Å²) in [5, 5.41) is 0. The Balaban J connectivity index is 2.39. The molecule has 0 saturated carbocycles. The average Bonchev–Trinajstić information content (AvgIpc) is 2.78. The molecule has 1 atom stereocenters. The lowest BCUT2D eigenvalue weighted by Gasteiger charge is -2.15. The zero-order valence-corrected chi connectivity index (χ0v) is 10.2. The number of imidazole rings is 1. The lowest BCUT2D eigenvalue weighted by Crippen LogP contribution is -2.29. The fourth-order valence-electron chi connectivity index (χ4n) is 1.79. The lowest BCUT2D eigenvalue weighted by atomic mass is 10.0. The molecule has 18 heavy (non-hydrogen) atoms. The van der Waals surface area contributed by atoms with Gasteiger partial charge in [0.05, 0.1) is 25.2 Å². The number of aryl methyl sites for hydroxylation is 1. The van der Waals surface area contributed by atoms with E-state index < -0.39 is 6.04 Å². The molecule has 0 bridgehead atoms. The Morgan fingerprint density at radius 2 is 2.28 bits per heavy atom. The molecule has 5 nitrogen and oxygen atoms in total. The van der Waals surface area contributed by atoms with Gasteiger partial charge in [-0.05, 0) is 6.07 Å². The van der Waals surface area contributed by atoms with E-state index >= 15 is 0 Å². The smallest absolute Gasteiger partial charge is 0.132 e. The van der Waals surface area contributed by atoms with Crippen molar-refractivity contribution in [1.29, 1.82) is 0 Å². The summed E-state index contributed by atoms with van der Waals surface area (Å²) < 4.78 is 20.7. The fraction of sp³-hybridized carbons (Fsp3) is 0.250. The molecular weight excluding hydrogens is 235 g/mol. The molecule has 2 rings (SSSR count). The number of benzene rings is 1. The van der Waals surface area contributed by atoms with Gasteiger partial charge in [0, 0.05) is 24.9 Å². The molecule has 0 aliphatic rings. The molecule has 1 unspecified atom stereocenters. The predicted octanol–water partition coefficient (Wildman–Crippen LogP) is 1.12.